The van der Waals surface area contributed by atoms with Crippen molar-refractivity contribution in [3.8, 4) is 0 Å². The Morgan fingerprint density at radius 1 is 1.09 bits per heavy atom. The summed E-state index contributed by atoms with van der Waals surface area (Å²) < 4.78 is 0. The molecule has 1 unspecified atom stereocenters. The van der Waals surface area contributed by atoms with E-state index < -0.39 is 0 Å². The predicted octanol–water partition coefficient (Wildman–Crippen LogP) is 5.28. The molecule has 3 rings (SSSR count). The van der Waals surface area contributed by atoms with Crippen LogP contribution in [0.15, 0.2) is 73.8 Å². The highest BCUT2D eigenvalue weighted by Gasteiger charge is 2.24. The lowest BCUT2D eigenvalue weighted by molar-refractivity contribution is 0.295. The van der Waals surface area contributed by atoms with Crippen LogP contribution in [0.25, 0.3) is 0 Å². The Bertz CT molecular complexity index is 627. The molecule has 1 aliphatic rings. The van der Waals surface area contributed by atoms with Gasteiger partial charge in [0, 0.05) is 24.0 Å². The maximum atomic E-state index is 6.10. The zero-order valence-corrected chi connectivity index (χ0v) is 13.8. The Morgan fingerprint density at radius 3 is 2.41 bits per heavy atom. The topological polar surface area (TPSA) is 3.24 Å². The molecule has 1 nitrogen and oxygen atoms in total. The van der Waals surface area contributed by atoms with Gasteiger partial charge in [-0.2, -0.15) is 0 Å². The van der Waals surface area contributed by atoms with E-state index in [-0.39, 0.29) is 0 Å². The van der Waals surface area contributed by atoms with E-state index in [9.17, 15) is 0 Å². The Hall–Kier alpha value is -1.83. The SMILES string of the molecule is C=CC=C.CN1Cc2cc(Cl)ccc2C(c2ccccc2)C1. The van der Waals surface area contributed by atoms with Gasteiger partial charge in [-0.3, -0.25) is 0 Å². The van der Waals surface area contributed by atoms with Gasteiger partial charge in [0.1, 0.15) is 0 Å². The molecule has 114 valence electrons. The van der Waals surface area contributed by atoms with Crippen LogP contribution in [0.2, 0.25) is 5.02 Å². The molecule has 2 aromatic carbocycles. The Morgan fingerprint density at radius 2 is 1.77 bits per heavy atom. The van der Waals surface area contributed by atoms with Crippen LogP contribution < -0.4 is 0 Å². The van der Waals surface area contributed by atoms with E-state index in [1.54, 1.807) is 12.2 Å². The molecular formula is C20H22ClN. The summed E-state index contributed by atoms with van der Waals surface area (Å²) in [4.78, 5) is 2.36. The molecule has 0 aromatic heterocycles. The number of rotatable bonds is 2. The van der Waals surface area contributed by atoms with Gasteiger partial charge in [0.2, 0.25) is 0 Å². The summed E-state index contributed by atoms with van der Waals surface area (Å²) in [6.07, 6.45) is 3.28. The second kappa shape index (κ2) is 7.98. The third-order valence-electron chi connectivity index (χ3n) is 3.78. The zero-order valence-electron chi connectivity index (χ0n) is 13.0. The number of benzene rings is 2. The Labute approximate surface area is 138 Å². The van der Waals surface area contributed by atoms with Gasteiger partial charge in [-0.1, -0.05) is 73.3 Å². The Kier molecular flexibility index (Phi) is 6.00. The van der Waals surface area contributed by atoms with Gasteiger partial charge >= 0.3 is 0 Å². The quantitative estimate of drug-likeness (QED) is 0.682. The number of nitrogens with zero attached hydrogens (tertiary/aromatic N) is 1. The third kappa shape index (κ3) is 4.09. The molecule has 2 heteroatoms. The first-order valence-corrected chi connectivity index (χ1v) is 7.78. The normalized spacial score (nSPS) is 16.9. The molecule has 0 spiro atoms. The minimum absolute atomic E-state index is 0.456. The summed E-state index contributed by atoms with van der Waals surface area (Å²) in [6.45, 7) is 8.78. The van der Waals surface area contributed by atoms with Gasteiger partial charge in [-0.05, 0) is 35.9 Å². The number of halogens is 1. The smallest absolute Gasteiger partial charge is 0.0409 e. The average molecular weight is 312 g/mol. The summed E-state index contributed by atoms with van der Waals surface area (Å²) in [5.74, 6) is 0.456. The summed E-state index contributed by atoms with van der Waals surface area (Å²) in [5, 5.41) is 0.830. The largest absolute Gasteiger partial charge is 0.301 e. The van der Waals surface area contributed by atoms with Gasteiger partial charge in [0.15, 0.2) is 0 Å². The Balaban J connectivity index is 0.000000396. The zero-order chi connectivity index (χ0) is 15.9. The van der Waals surface area contributed by atoms with Crippen molar-refractivity contribution in [1.29, 1.82) is 0 Å². The van der Waals surface area contributed by atoms with Gasteiger partial charge in [0.05, 0.1) is 0 Å². The molecule has 22 heavy (non-hydrogen) atoms. The lowest BCUT2D eigenvalue weighted by atomic mass is 9.85. The van der Waals surface area contributed by atoms with Crippen molar-refractivity contribution in [3.63, 3.8) is 0 Å². The van der Waals surface area contributed by atoms with Crippen LogP contribution in [-0.4, -0.2) is 18.5 Å². The summed E-state index contributed by atoms with van der Waals surface area (Å²) >= 11 is 6.10. The molecule has 0 amide bonds. The van der Waals surface area contributed by atoms with Crippen molar-refractivity contribution in [2.24, 2.45) is 0 Å². The minimum Gasteiger partial charge on any atom is -0.301 e. The van der Waals surface area contributed by atoms with Crippen molar-refractivity contribution in [3.05, 3.63) is 95.6 Å². The van der Waals surface area contributed by atoms with Gasteiger partial charge < -0.3 is 4.90 Å². The lowest BCUT2D eigenvalue weighted by Gasteiger charge is -2.32. The highest BCUT2D eigenvalue weighted by Crippen LogP contribution is 2.34. The second-order valence-corrected chi connectivity index (χ2v) is 5.91. The molecule has 2 aromatic rings. The van der Waals surface area contributed by atoms with E-state index in [1.807, 2.05) is 6.07 Å². The number of likely N-dealkylation sites (N-methyl/N-ethyl adjacent to an activating group) is 1. The van der Waals surface area contributed by atoms with E-state index in [4.69, 9.17) is 11.6 Å². The fraction of sp³-hybridized carbons (Fsp3) is 0.200. The minimum atomic E-state index is 0.456. The van der Waals surface area contributed by atoms with Gasteiger partial charge in [0.25, 0.3) is 0 Å². The molecule has 0 radical (unpaired) electrons. The highest BCUT2D eigenvalue weighted by atomic mass is 35.5. The number of allylic oxidation sites excluding steroid dienone is 2. The fourth-order valence-corrected chi connectivity index (χ4v) is 2.98. The van der Waals surface area contributed by atoms with Gasteiger partial charge in [-0.25, -0.2) is 0 Å². The highest BCUT2D eigenvalue weighted by molar-refractivity contribution is 6.30. The average Bonchev–Trinajstić information content (AvgIpc) is 2.54. The number of hydrogen-bond donors (Lipinski definition) is 0. The van der Waals surface area contributed by atoms with Crippen LogP contribution in [0.3, 0.4) is 0 Å². The second-order valence-electron chi connectivity index (χ2n) is 5.47. The van der Waals surface area contributed by atoms with Crippen molar-refractivity contribution >= 4 is 11.6 Å². The summed E-state index contributed by atoms with van der Waals surface area (Å²) in [6, 6.07) is 17.0. The van der Waals surface area contributed by atoms with Crippen LogP contribution in [-0.2, 0) is 6.54 Å². The first-order chi connectivity index (χ1) is 10.7. The maximum absolute atomic E-state index is 6.10. The molecule has 0 saturated heterocycles. The fourth-order valence-electron chi connectivity index (χ4n) is 2.79. The molecule has 1 heterocycles. The van der Waals surface area contributed by atoms with Crippen molar-refractivity contribution in [1.82, 2.24) is 4.90 Å². The molecule has 0 N–H and O–H groups in total. The predicted molar refractivity (Wildman–Crippen MR) is 96.5 cm³/mol. The molecule has 0 aliphatic carbocycles. The van der Waals surface area contributed by atoms with Crippen molar-refractivity contribution in [2.75, 3.05) is 13.6 Å². The lowest BCUT2D eigenvalue weighted by Crippen LogP contribution is -2.30. The van der Waals surface area contributed by atoms with Crippen LogP contribution in [0.5, 0.6) is 0 Å². The standard InChI is InChI=1S/C16H16ClN.C4H6/c1-18-10-13-9-14(17)7-8-15(13)16(11-18)12-5-3-2-4-6-12;1-3-4-2/h2-9,16H,10-11H2,1H3;3-4H,1-2H2. The number of hydrogen-bond acceptors (Lipinski definition) is 1. The van der Waals surface area contributed by atoms with E-state index in [0.29, 0.717) is 5.92 Å². The molecule has 1 atom stereocenters. The first kappa shape index (κ1) is 16.5. The van der Waals surface area contributed by atoms with E-state index >= 15 is 0 Å². The summed E-state index contributed by atoms with van der Waals surface area (Å²) in [5.41, 5.74) is 4.15. The molecule has 0 bridgehead atoms. The monoisotopic (exact) mass is 311 g/mol. The van der Waals surface area contributed by atoms with Gasteiger partial charge in [-0.15, -0.1) is 0 Å². The number of fused-ring (bicyclic) bond motifs is 1. The van der Waals surface area contributed by atoms with Crippen molar-refractivity contribution in [2.45, 2.75) is 12.5 Å². The summed E-state index contributed by atoms with van der Waals surface area (Å²) in [7, 11) is 2.17. The molecular weight excluding hydrogens is 290 g/mol. The first-order valence-electron chi connectivity index (χ1n) is 7.41. The van der Waals surface area contributed by atoms with Crippen LogP contribution in [0.4, 0.5) is 0 Å². The van der Waals surface area contributed by atoms with Crippen LogP contribution in [0.1, 0.15) is 22.6 Å². The third-order valence-corrected chi connectivity index (χ3v) is 4.02. The van der Waals surface area contributed by atoms with E-state index in [2.05, 4.69) is 67.6 Å². The van der Waals surface area contributed by atoms with Crippen molar-refractivity contribution < 1.29 is 0 Å². The molecule has 0 fully saturated rings. The molecule has 0 saturated carbocycles. The van der Waals surface area contributed by atoms with E-state index in [1.165, 1.54) is 16.7 Å². The maximum Gasteiger partial charge on any atom is 0.0409 e. The van der Waals surface area contributed by atoms with Crippen LogP contribution >= 0.6 is 11.6 Å². The van der Waals surface area contributed by atoms with Crippen LogP contribution in [0, 0.1) is 0 Å². The van der Waals surface area contributed by atoms with E-state index in [0.717, 1.165) is 18.1 Å². The molecule has 1 aliphatic heterocycles.